The lowest BCUT2D eigenvalue weighted by Crippen LogP contribution is -2.55. The van der Waals surface area contributed by atoms with Crippen LogP contribution in [0.1, 0.15) is 25.7 Å². The summed E-state index contributed by atoms with van der Waals surface area (Å²) in [6.45, 7) is -0.239. The van der Waals surface area contributed by atoms with Crippen LogP contribution in [0.3, 0.4) is 0 Å². The number of hydrogen-bond acceptors (Lipinski definition) is 10. The van der Waals surface area contributed by atoms with Gasteiger partial charge in [0, 0.05) is 25.7 Å². The van der Waals surface area contributed by atoms with Crippen molar-refractivity contribution in [3.05, 3.63) is 0 Å². The van der Waals surface area contributed by atoms with Gasteiger partial charge in [-0.05, 0) is 0 Å². The molecule has 9 unspecified atom stereocenters. The number of aliphatic hydroxyl groups excluding tert-OH is 5. The smallest absolute Gasteiger partial charge is 0.161 e. The number of aliphatic hydroxyl groups is 5. The molecule has 0 aliphatic carbocycles. The summed E-state index contributed by atoms with van der Waals surface area (Å²) in [5.41, 5.74) is 0. The molecular weight excluding hydrogens is 364 g/mol. The van der Waals surface area contributed by atoms with Crippen molar-refractivity contribution in [2.24, 2.45) is 0 Å². The summed E-state index contributed by atoms with van der Waals surface area (Å²) >= 11 is 0. The first kappa shape index (κ1) is 21.3. The second kappa shape index (κ2) is 9.88. The second-order valence-electron chi connectivity index (χ2n) is 7.37. The van der Waals surface area contributed by atoms with Gasteiger partial charge in [0.1, 0.15) is 18.3 Å². The summed E-state index contributed by atoms with van der Waals surface area (Å²) in [7, 11) is 0. The van der Waals surface area contributed by atoms with E-state index in [1.807, 2.05) is 0 Å². The van der Waals surface area contributed by atoms with Crippen molar-refractivity contribution >= 4 is 0 Å². The van der Waals surface area contributed by atoms with E-state index in [1.54, 1.807) is 0 Å². The van der Waals surface area contributed by atoms with Gasteiger partial charge in [0.15, 0.2) is 12.6 Å². The van der Waals surface area contributed by atoms with Crippen LogP contribution in [-0.4, -0.2) is 107 Å². The van der Waals surface area contributed by atoms with Crippen LogP contribution in [0.25, 0.3) is 0 Å². The van der Waals surface area contributed by atoms with E-state index in [1.165, 1.54) is 0 Å². The SMILES string of the molecule is OCC1CC(O)CC(OC2COCC(O)C2OC2CC(O)CC(CO)O2)O1. The van der Waals surface area contributed by atoms with E-state index in [9.17, 15) is 25.5 Å². The van der Waals surface area contributed by atoms with Gasteiger partial charge in [0.25, 0.3) is 0 Å². The van der Waals surface area contributed by atoms with Crippen LogP contribution in [0.4, 0.5) is 0 Å². The Kier molecular flexibility index (Phi) is 7.80. The van der Waals surface area contributed by atoms with Gasteiger partial charge in [-0.15, -0.1) is 0 Å². The van der Waals surface area contributed by atoms with E-state index in [0.29, 0.717) is 12.8 Å². The molecule has 10 heteroatoms. The number of rotatable bonds is 6. The maximum Gasteiger partial charge on any atom is 0.161 e. The monoisotopic (exact) mass is 394 g/mol. The number of hydrogen-bond donors (Lipinski definition) is 5. The zero-order chi connectivity index (χ0) is 19.4. The van der Waals surface area contributed by atoms with E-state index in [2.05, 4.69) is 0 Å². The molecule has 0 bridgehead atoms. The normalized spacial score (nSPS) is 46.3. The molecule has 0 aromatic heterocycles. The van der Waals surface area contributed by atoms with Gasteiger partial charge >= 0.3 is 0 Å². The van der Waals surface area contributed by atoms with Gasteiger partial charge in [-0.2, -0.15) is 0 Å². The number of ether oxygens (including phenoxy) is 5. The molecule has 9 atom stereocenters. The van der Waals surface area contributed by atoms with E-state index < -0.39 is 55.3 Å². The molecule has 0 radical (unpaired) electrons. The first-order chi connectivity index (χ1) is 13.0. The third-order valence-corrected chi connectivity index (χ3v) is 5.05. The van der Waals surface area contributed by atoms with Crippen LogP contribution in [0.2, 0.25) is 0 Å². The topological polar surface area (TPSA) is 147 Å². The van der Waals surface area contributed by atoms with Gasteiger partial charge in [-0.25, -0.2) is 0 Å². The quantitative estimate of drug-likeness (QED) is 0.338. The predicted octanol–water partition coefficient (Wildman–Crippen LogP) is -2.14. The lowest BCUT2D eigenvalue weighted by Gasteiger charge is -2.42. The average molecular weight is 394 g/mol. The van der Waals surface area contributed by atoms with Crippen LogP contribution in [0.5, 0.6) is 0 Å². The fraction of sp³-hybridized carbons (Fsp3) is 1.00. The van der Waals surface area contributed by atoms with Crippen LogP contribution in [-0.2, 0) is 23.7 Å². The molecule has 0 amide bonds. The fourth-order valence-electron chi connectivity index (χ4n) is 3.71. The first-order valence-electron chi connectivity index (χ1n) is 9.44. The minimum Gasteiger partial charge on any atom is -0.394 e. The molecule has 3 rings (SSSR count). The summed E-state index contributed by atoms with van der Waals surface area (Å²) in [5.74, 6) is 0. The van der Waals surface area contributed by atoms with Crippen LogP contribution in [0, 0.1) is 0 Å². The molecule has 5 N–H and O–H groups in total. The third-order valence-electron chi connectivity index (χ3n) is 5.05. The van der Waals surface area contributed by atoms with E-state index >= 15 is 0 Å². The standard InChI is InChI=1S/C17H30O10/c18-5-11-1-9(20)3-15(24-11)26-14-8-23-7-13(22)17(14)27-16-4-10(21)2-12(6-19)25-16/h9-22H,1-8H2. The molecule has 3 aliphatic rings. The van der Waals surface area contributed by atoms with Gasteiger partial charge in [0.2, 0.25) is 0 Å². The summed E-state index contributed by atoms with van der Waals surface area (Å²) in [6, 6.07) is 0. The van der Waals surface area contributed by atoms with Crippen molar-refractivity contribution in [2.75, 3.05) is 26.4 Å². The van der Waals surface area contributed by atoms with E-state index in [0.717, 1.165) is 0 Å². The summed E-state index contributed by atoms with van der Waals surface area (Å²) in [6.07, 6.45) is -5.26. The Balaban J connectivity index is 1.61. The molecule has 3 saturated heterocycles. The minimum atomic E-state index is -0.971. The van der Waals surface area contributed by atoms with Crippen molar-refractivity contribution in [2.45, 2.75) is 81.0 Å². The van der Waals surface area contributed by atoms with Gasteiger partial charge in [-0.3, -0.25) is 0 Å². The fourth-order valence-corrected chi connectivity index (χ4v) is 3.71. The first-order valence-corrected chi connectivity index (χ1v) is 9.44. The molecular formula is C17H30O10. The molecule has 0 aromatic carbocycles. The van der Waals surface area contributed by atoms with Crippen molar-refractivity contribution < 1.29 is 49.2 Å². The lowest BCUT2D eigenvalue weighted by atomic mass is 10.0. The lowest BCUT2D eigenvalue weighted by molar-refractivity contribution is -0.312. The molecule has 3 heterocycles. The molecule has 3 fully saturated rings. The van der Waals surface area contributed by atoms with Crippen LogP contribution >= 0.6 is 0 Å². The molecule has 10 nitrogen and oxygen atoms in total. The highest BCUT2D eigenvalue weighted by molar-refractivity contribution is 4.85. The van der Waals surface area contributed by atoms with E-state index in [-0.39, 0.29) is 39.3 Å². The van der Waals surface area contributed by atoms with E-state index in [4.69, 9.17) is 23.7 Å². The summed E-state index contributed by atoms with van der Waals surface area (Å²) < 4.78 is 28.3. The molecule has 3 aliphatic heterocycles. The van der Waals surface area contributed by atoms with Crippen molar-refractivity contribution in [3.8, 4) is 0 Å². The average Bonchev–Trinajstić information content (AvgIpc) is 2.63. The second-order valence-corrected chi connectivity index (χ2v) is 7.37. The maximum atomic E-state index is 10.3. The Morgan fingerprint density at radius 2 is 1.30 bits per heavy atom. The molecule has 0 spiro atoms. The predicted molar refractivity (Wildman–Crippen MR) is 88.5 cm³/mol. The minimum absolute atomic E-state index is 0.0661. The summed E-state index contributed by atoms with van der Waals surface area (Å²) in [5, 5.41) is 48.7. The van der Waals surface area contributed by atoms with Crippen LogP contribution in [0.15, 0.2) is 0 Å². The zero-order valence-electron chi connectivity index (χ0n) is 15.1. The Labute approximate surface area is 157 Å². The molecule has 0 aromatic rings. The largest absolute Gasteiger partial charge is 0.394 e. The maximum absolute atomic E-state index is 10.3. The van der Waals surface area contributed by atoms with Gasteiger partial charge in [0.05, 0.1) is 50.8 Å². The van der Waals surface area contributed by atoms with Crippen molar-refractivity contribution in [1.82, 2.24) is 0 Å². The molecule has 27 heavy (non-hydrogen) atoms. The molecule has 0 saturated carbocycles. The third kappa shape index (κ3) is 5.80. The van der Waals surface area contributed by atoms with Crippen LogP contribution < -0.4 is 0 Å². The van der Waals surface area contributed by atoms with Crippen molar-refractivity contribution in [1.29, 1.82) is 0 Å². The highest BCUT2D eigenvalue weighted by Gasteiger charge is 2.41. The van der Waals surface area contributed by atoms with Crippen molar-refractivity contribution in [3.63, 3.8) is 0 Å². The Bertz CT molecular complexity index is 451. The Morgan fingerprint density at radius 1 is 0.741 bits per heavy atom. The highest BCUT2D eigenvalue weighted by atomic mass is 16.7. The Hall–Kier alpha value is -0.400. The van der Waals surface area contributed by atoms with Gasteiger partial charge in [-0.1, -0.05) is 0 Å². The highest BCUT2D eigenvalue weighted by Crippen LogP contribution is 2.28. The molecule has 158 valence electrons. The Morgan fingerprint density at radius 3 is 1.85 bits per heavy atom. The van der Waals surface area contributed by atoms with Gasteiger partial charge < -0.3 is 49.2 Å². The zero-order valence-corrected chi connectivity index (χ0v) is 15.1. The summed E-state index contributed by atoms with van der Waals surface area (Å²) in [4.78, 5) is 0.